The monoisotopic (exact) mass is 860 g/mol. The summed E-state index contributed by atoms with van der Waals surface area (Å²) in [7, 11) is 0. The third-order valence-corrected chi connectivity index (χ3v) is 13.0. The highest BCUT2D eigenvalue weighted by Gasteiger charge is 2.20. The number of carbonyl (C=O) groups excluding carboxylic acids is 1. The van der Waals surface area contributed by atoms with Gasteiger partial charge in [-0.2, -0.15) is 0 Å². The fourth-order valence-corrected chi connectivity index (χ4v) is 8.77. The van der Waals surface area contributed by atoms with Crippen LogP contribution in [-0.2, 0) is 4.79 Å². The molecule has 0 aliphatic rings. The van der Waals surface area contributed by atoms with E-state index < -0.39 is 18.2 Å². The first-order chi connectivity index (χ1) is 30.0. The molecule has 0 aliphatic heterocycles. The summed E-state index contributed by atoms with van der Waals surface area (Å²) in [6.07, 6.45) is 65.4. The molecule has 0 fully saturated rings. The van der Waals surface area contributed by atoms with Crippen molar-refractivity contribution in [2.75, 3.05) is 6.61 Å². The number of carbonyl (C=O) groups is 1. The lowest BCUT2D eigenvalue weighted by atomic mass is 10.0. The van der Waals surface area contributed by atoms with Gasteiger partial charge in [-0.25, -0.2) is 0 Å². The average molecular weight is 860 g/mol. The number of rotatable bonds is 51. The van der Waals surface area contributed by atoms with Crippen LogP contribution in [0.4, 0.5) is 0 Å². The van der Waals surface area contributed by atoms with Gasteiger partial charge in [-0.15, -0.1) is 0 Å². The van der Waals surface area contributed by atoms with Gasteiger partial charge in [-0.1, -0.05) is 289 Å². The van der Waals surface area contributed by atoms with E-state index in [9.17, 15) is 20.1 Å². The highest BCUT2D eigenvalue weighted by molar-refractivity contribution is 5.76. The van der Waals surface area contributed by atoms with Crippen LogP contribution in [0.3, 0.4) is 0 Å². The van der Waals surface area contributed by atoms with Crippen LogP contribution >= 0.6 is 0 Å². The Morgan fingerprint density at radius 3 is 1.05 bits per heavy atom. The first-order valence-electron chi connectivity index (χ1n) is 27.6. The second-order valence-electron chi connectivity index (χ2n) is 19.2. The Morgan fingerprint density at radius 1 is 0.410 bits per heavy atom. The molecule has 0 aliphatic carbocycles. The molecule has 0 aromatic heterocycles. The molecule has 5 nitrogen and oxygen atoms in total. The highest BCUT2D eigenvalue weighted by Crippen LogP contribution is 2.18. The topological polar surface area (TPSA) is 89.8 Å². The minimum atomic E-state index is -0.948. The summed E-state index contributed by atoms with van der Waals surface area (Å²) in [5.74, 6) is -0.322. The molecule has 0 bridgehead atoms. The molecule has 4 N–H and O–H groups in total. The van der Waals surface area contributed by atoms with Gasteiger partial charge < -0.3 is 20.6 Å². The van der Waals surface area contributed by atoms with Crippen molar-refractivity contribution in [3.8, 4) is 0 Å². The van der Waals surface area contributed by atoms with E-state index in [1.54, 1.807) is 6.08 Å². The summed E-state index contributed by atoms with van der Waals surface area (Å²) in [5, 5.41) is 33.2. The average Bonchev–Trinajstić information content (AvgIpc) is 3.25. The van der Waals surface area contributed by atoms with Crippen LogP contribution in [0.5, 0.6) is 0 Å². The van der Waals surface area contributed by atoms with Crippen molar-refractivity contribution < 1.29 is 20.1 Å². The number of unbranched alkanes of at least 4 members (excludes halogenated alkanes) is 40. The Kier molecular flexibility index (Phi) is 50.5. The molecule has 61 heavy (non-hydrogen) atoms. The maximum absolute atomic E-state index is 12.4. The van der Waals surface area contributed by atoms with E-state index in [0.29, 0.717) is 6.42 Å². The zero-order chi connectivity index (χ0) is 44.4. The van der Waals surface area contributed by atoms with E-state index >= 15 is 0 Å². The molecule has 0 saturated heterocycles. The van der Waals surface area contributed by atoms with Gasteiger partial charge >= 0.3 is 0 Å². The fraction of sp³-hybridized carbons (Fsp3) is 0.911. The lowest BCUT2D eigenvalue weighted by Gasteiger charge is -2.21. The largest absolute Gasteiger partial charge is 0.394 e. The third-order valence-electron chi connectivity index (χ3n) is 13.0. The number of hydrogen-bond donors (Lipinski definition) is 4. The van der Waals surface area contributed by atoms with Crippen molar-refractivity contribution in [1.29, 1.82) is 0 Å². The van der Waals surface area contributed by atoms with Crippen molar-refractivity contribution in [2.24, 2.45) is 0 Å². The number of aliphatic hydroxyl groups is 3. The Balaban J connectivity index is 3.42. The second kappa shape index (κ2) is 51.5. The smallest absolute Gasteiger partial charge is 0.222 e. The minimum Gasteiger partial charge on any atom is -0.394 e. The minimum absolute atomic E-state index is 0.00976. The molecule has 0 aromatic rings. The normalized spacial score (nSPS) is 13.5. The van der Waals surface area contributed by atoms with Crippen LogP contribution in [0.1, 0.15) is 303 Å². The number of hydrogen-bond acceptors (Lipinski definition) is 4. The van der Waals surface area contributed by atoms with Crippen LogP contribution in [0.15, 0.2) is 24.3 Å². The summed E-state index contributed by atoms with van der Waals surface area (Å²) in [4.78, 5) is 12.4. The molecule has 0 radical (unpaired) electrons. The molecule has 1 amide bonds. The Morgan fingerprint density at radius 2 is 0.705 bits per heavy atom. The number of amides is 1. The molecule has 0 heterocycles. The van der Waals surface area contributed by atoms with Crippen molar-refractivity contribution in [2.45, 2.75) is 321 Å². The zero-order valence-corrected chi connectivity index (χ0v) is 41.3. The molecule has 0 rings (SSSR count). The van der Waals surface area contributed by atoms with E-state index in [-0.39, 0.29) is 18.9 Å². The molecule has 0 spiro atoms. The molecular weight excluding hydrogens is 751 g/mol. The Labute approximate surface area is 382 Å². The predicted octanol–water partition coefficient (Wildman–Crippen LogP) is 16.9. The maximum atomic E-state index is 12.4. The van der Waals surface area contributed by atoms with Crippen molar-refractivity contribution in [1.82, 2.24) is 5.32 Å². The van der Waals surface area contributed by atoms with Crippen LogP contribution in [-0.4, -0.2) is 46.1 Å². The van der Waals surface area contributed by atoms with E-state index in [0.717, 1.165) is 32.1 Å². The predicted molar refractivity (Wildman–Crippen MR) is 268 cm³/mol. The fourth-order valence-electron chi connectivity index (χ4n) is 8.77. The van der Waals surface area contributed by atoms with Gasteiger partial charge in [0.1, 0.15) is 0 Å². The molecular formula is C56H109NO4. The van der Waals surface area contributed by atoms with Crippen molar-refractivity contribution >= 4 is 5.91 Å². The lowest BCUT2D eigenvalue weighted by molar-refractivity contribution is -0.124. The van der Waals surface area contributed by atoms with Gasteiger partial charge in [0.15, 0.2) is 0 Å². The summed E-state index contributed by atoms with van der Waals surface area (Å²) in [6.45, 7) is 4.20. The van der Waals surface area contributed by atoms with Gasteiger partial charge in [-0.05, 0) is 32.1 Å². The van der Waals surface area contributed by atoms with Gasteiger partial charge in [-0.3, -0.25) is 4.79 Å². The third kappa shape index (κ3) is 48.1. The van der Waals surface area contributed by atoms with Crippen LogP contribution in [0.25, 0.3) is 0 Å². The van der Waals surface area contributed by atoms with Gasteiger partial charge in [0.2, 0.25) is 5.91 Å². The SMILES string of the molecule is CCCCCCC/C=C/CC/C=C/C(O)C(CO)NC(=O)CC(O)CCCCCCCCCCCCCCCCCCCCCCCCCCCCCCCCCCCCC. The van der Waals surface area contributed by atoms with Gasteiger partial charge in [0.25, 0.3) is 0 Å². The molecule has 0 saturated carbocycles. The Hall–Kier alpha value is -1.17. The zero-order valence-electron chi connectivity index (χ0n) is 41.3. The van der Waals surface area contributed by atoms with E-state index in [4.69, 9.17) is 0 Å². The van der Waals surface area contributed by atoms with Crippen LogP contribution in [0.2, 0.25) is 0 Å². The number of allylic oxidation sites excluding steroid dienone is 3. The Bertz CT molecular complexity index is 905. The molecule has 0 aromatic carbocycles. The number of nitrogens with one attached hydrogen (secondary N) is 1. The highest BCUT2D eigenvalue weighted by atomic mass is 16.3. The first-order valence-corrected chi connectivity index (χ1v) is 27.6. The van der Waals surface area contributed by atoms with E-state index in [2.05, 4.69) is 31.3 Å². The second-order valence-corrected chi connectivity index (χ2v) is 19.2. The van der Waals surface area contributed by atoms with Gasteiger partial charge in [0.05, 0.1) is 31.3 Å². The summed E-state index contributed by atoms with van der Waals surface area (Å²) >= 11 is 0. The molecule has 3 unspecified atom stereocenters. The molecule has 5 heteroatoms. The van der Waals surface area contributed by atoms with E-state index in [1.165, 1.54) is 244 Å². The first kappa shape index (κ1) is 59.8. The van der Waals surface area contributed by atoms with Crippen molar-refractivity contribution in [3.05, 3.63) is 24.3 Å². The molecule has 362 valence electrons. The van der Waals surface area contributed by atoms with Crippen LogP contribution in [0, 0.1) is 0 Å². The summed E-state index contributed by atoms with van der Waals surface area (Å²) < 4.78 is 0. The van der Waals surface area contributed by atoms with E-state index in [1.807, 2.05) is 6.08 Å². The van der Waals surface area contributed by atoms with Crippen molar-refractivity contribution in [3.63, 3.8) is 0 Å². The standard InChI is InChI=1S/C56H109NO4/c1-3-5-7-9-11-13-15-16-17-18-19-20-21-22-23-24-25-26-27-28-29-30-31-32-33-34-35-36-37-38-40-41-43-45-47-49-53(59)51-56(61)57-54(52-58)55(60)50-48-46-44-42-39-14-12-10-8-6-4-2/h39,42,48,50,53-55,58-60H,3-38,40-41,43-47,49,51-52H2,1-2H3,(H,57,61)/b42-39+,50-48+. The summed E-state index contributed by atoms with van der Waals surface area (Å²) in [6, 6.07) is -0.757. The maximum Gasteiger partial charge on any atom is 0.222 e. The molecule has 3 atom stereocenters. The lowest BCUT2D eigenvalue weighted by Crippen LogP contribution is -2.45. The quantitative estimate of drug-likeness (QED) is 0.0362. The van der Waals surface area contributed by atoms with Crippen LogP contribution < -0.4 is 5.32 Å². The summed E-state index contributed by atoms with van der Waals surface area (Å²) in [5.41, 5.74) is 0. The van der Waals surface area contributed by atoms with Gasteiger partial charge in [0, 0.05) is 0 Å². The number of aliphatic hydroxyl groups excluding tert-OH is 3.